The first-order valence-electron chi connectivity index (χ1n) is 11.2. The molecule has 2 N–H and O–H groups in total. The van der Waals surface area contributed by atoms with Crippen LogP contribution in [0, 0.1) is 31.6 Å². The van der Waals surface area contributed by atoms with Gasteiger partial charge in [0.25, 0.3) is 15.9 Å². The van der Waals surface area contributed by atoms with E-state index in [0.717, 1.165) is 48.1 Å². The van der Waals surface area contributed by atoms with Crippen LogP contribution < -0.4 is 10.0 Å². The van der Waals surface area contributed by atoms with Gasteiger partial charge >= 0.3 is 0 Å². The number of amides is 1. The van der Waals surface area contributed by atoms with Crippen LogP contribution in [-0.4, -0.2) is 19.9 Å². The van der Waals surface area contributed by atoms with Gasteiger partial charge in [-0.25, -0.2) is 8.42 Å². The largest absolute Gasteiger partial charge is 0.347 e. The lowest BCUT2D eigenvalue weighted by molar-refractivity contribution is -0.0167. The van der Waals surface area contributed by atoms with Crippen molar-refractivity contribution in [2.24, 2.45) is 17.8 Å². The number of benzene rings is 2. The van der Waals surface area contributed by atoms with Gasteiger partial charge in [0.2, 0.25) is 0 Å². The Balaban J connectivity index is 1.36. The molecule has 4 aliphatic carbocycles. The zero-order chi connectivity index (χ0) is 21.8. The molecule has 1 amide bonds. The third-order valence-electron chi connectivity index (χ3n) is 7.49. The standard InChI is InChI=1S/C25H30N2O3S/c1-16-3-7-22(8-4-16)31(29,30)27-23-12-21(6-5-17(23)2)24(28)26-25-13-18-9-19(14-25)11-20(10-18)15-25/h3-8,12,18-20,27H,9-11,13-15H2,1-2H3,(H,26,28). The van der Waals surface area contributed by atoms with Crippen LogP contribution in [0.4, 0.5) is 5.69 Å². The van der Waals surface area contributed by atoms with Gasteiger partial charge in [0.1, 0.15) is 0 Å². The Hall–Kier alpha value is -2.34. The van der Waals surface area contributed by atoms with Gasteiger partial charge in [0.15, 0.2) is 0 Å². The summed E-state index contributed by atoms with van der Waals surface area (Å²) in [6.45, 7) is 3.76. The molecule has 2 aromatic rings. The molecule has 5 nitrogen and oxygen atoms in total. The maximum absolute atomic E-state index is 13.2. The maximum atomic E-state index is 13.2. The second-order valence-corrected chi connectivity index (χ2v) is 11.8. The predicted molar refractivity (Wildman–Crippen MR) is 122 cm³/mol. The first kappa shape index (κ1) is 20.6. The van der Waals surface area contributed by atoms with Crippen molar-refractivity contribution in [1.82, 2.24) is 5.32 Å². The smallest absolute Gasteiger partial charge is 0.261 e. The van der Waals surface area contributed by atoms with Crippen LogP contribution in [0.5, 0.6) is 0 Å². The maximum Gasteiger partial charge on any atom is 0.261 e. The molecule has 0 aromatic heterocycles. The van der Waals surface area contributed by atoms with Crippen LogP contribution in [0.3, 0.4) is 0 Å². The third-order valence-corrected chi connectivity index (χ3v) is 8.87. The number of anilines is 1. The monoisotopic (exact) mass is 438 g/mol. The van der Waals surface area contributed by atoms with Crippen molar-refractivity contribution < 1.29 is 13.2 Å². The third kappa shape index (κ3) is 3.98. The summed E-state index contributed by atoms with van der Waals surface area (Å²) in [5.74, 6) is 2.15. The quantitative estimate of drug-likeness (QED) is 0.704. The Labute approximate surface area is 184 Å². The molecular formula is C25H30N2O3S. The van der Waals surface area contributed by atoms with Crippen LogP contribution in [0.1, 0.15) is 60.0 Å². The van der Waals surface area contributed by atoms with E-state index >= 15 is 0 Å². The summed E-state index contributed by atoms with van der Waals surface area (Å²) < 4.78 is 28.3. The highest BCUT2D eigenvalue weighted by atomic mass is 32.2. The molecule has 0 spiro atoms. The molecule has 164 valence electrons. The molecule has 0 heterocycles. The first-order valence-corrected chi connectivity index (χ1v) is 12.7. The zero-order valence-corrected chi connectivity index (χ0v) is 19.0. The van der Waals surface area contributed by atoms with Crippen molar-refractivity contribution in [3.05, 3.63) is 59.2 Å². The van der Waals surface area contributed by atoms with Crippen molar-refractivity contribution in [3.63, 3.8) is 0 Å². The van der Waals surface area contributed by atoms with Crippen molar-refractivity contribution in [1.29, 1.82) is 0 Å². The van der Waals surface area contributed by atoms with E-state index in [2.05, 4.69) is 10.0 Å². The molecule has 0 aliphatic heterocycles. The average molecular weight is 439 g/mol. The number of sulfonamides is 1. The fourth-order valence-electron chi connectivity index (χ4n) is 6.37. The zero-order valence-electron chi connectivity index (χ0n) is 18.1. The first-order chi connectivity index (χ1) is 14.7. The summed E-state index contributed by atoms with van der Waals surface area (Å²) >= 11 is 0. The summed E-state index contributed by atoms with van der Waals surface area (Å²) in [6.07, 6.45) is 7.23. The average Bonchev–Trinajstić information content (AvgIpc) is 2.68. The number of hydrogen-bond acceptors (Lipinski definition) is 3. The van der Waals surface area contributed by atoms with Crippen molar-refractivity contribution in [2.75, 3.05) is 4.72 Å². The lowest BCUT2D eigenvalue weighted by Crippen LogP contribution is -2.59. The number of carbonyl (C=O) groups is 1. The van der Waals surface area contributed by atoms with Crippen molar-refractivity contribution in [2.45, 2.75) is 62.8 Å². The summed E-state index contributed by atoms with van der Waals surface area (Å²) in [5, 5.41) is 3.37. The van der Waals surface area contributed by atoms with Gasteiger partial charge in [-0.1, -0.05) is 23.8 Å². The van der Waals surface area contributed by atoms with Crippen LogP contribution in [0.15, 0.2) is 47.4 Å². The van der Waals surface area contributed by atoms with E-state index in [-0.39, 0.29) is 16.3 Å². The van der Waals surface area contributed by atoms with E-state index in [1.54, 1.807) is 36.4 Å². The highest BCUT2D eigenvalue weighted by Gasteiger charge is 2.51. The van der Waals surface area contributed by atoms with E-state index in [1.807, 2.05) is 19.9 Å². The van der Waals surface area contributed by atoms with E-state index < -0.39 is 10.0 Å². The summed E-state index contributed by atoms with van der Waals surface area (Å²) in [4.78, 5) is 13.4. The molecule has 4 aliphatic rings. The van der Waals surface area contributed by atoms with Gasteiger partial charge in [0, 0.05) is 11.1 Å². The molecule has 4 bridgehead atoms. The minimum Gasteiger partial charge on any atom is -0.347 e. The molecule has 4 saturated carbocycles. The van der Waals surface area contributed by atoms with Gasteiger partial charge in [-0.3, -0.25) is 9.52 Å². The van der Waals surface area contributed by atoms with Gasteiger partial charge in [-0.05, 0) is 100.0 Å². The highest BCUT2D eigenvalue weighted by molar-refractivity contribution is 7.92. The summed E-state index contributed by atoms with van der Waals surface area (Å²) in [5.41, 5.74) is 2.65. The predicted octanol–water partition coefficient (Wildman–Crippen LogP) is 4.80. The topological polar surface area (TPSA) is 75.3 Å². The van der Waals surface area contributed by atoms with Crippen LogP contribution in [-0.2, 0) is 10.0 Å². The number of nitrogens with one attached hydrogen (secondary N) is 2. The van der Waals surface area contributed by atoms with Gasteiger partial charge in [0.05, 0.1) is 10.6 Å². The fourth-order valence-corrected chi connectivity index (χ4v) is 7.49. The molecule has 0 atom stereocenters. The van der Waals surface area contributed by atoms with E-state index in [4.69, 9.17) is 0 Å². The second-order valence-electron chi connectivity index (χ2n) is 10.1. The van der Waals surface area contributed by atoms with Crippen LogP contribution in [0.2, 0.25) is 0 Å². The van der Waals surface area contributed by atoms with Crippen LogP contribution >= 0.6 is 0 Å². The van der Waals surface area contributed by atoms with Crippen LogP contribution in [0.25, 0.3) is 0 Å². The summed E-state index contributed by atoms with van der Waals surface area (Å²) in [6, 6.07) is 12.0. The lowest BCUT2D eigenvalue weighted by atomic mass is 9.53. The normalized spacial score (nSPS) is 29.0. The molecular weight excluding hydrogens is 408 g/mol. The fraction of sp³-hybridized carbons (Fsp3) is 0.480. The number of rotatable bonds is 5. The number of hydrogen-bond donors (Lipinski definition) is 2. The molecule has 0 saturated heterocycles. The molecule has 6 rings (SSSR count). The SMILES string of the molecule is Cc1ccc(S(=O)(=O)Nc2cc(C(=O)NC34CC5CC(CC(C5)C3)C4)ccc2C)cc1. The minimum absolute atomic E-state index is 0.0711. The van der Waals surface area contributed by atoms with Gasteiger partial charge in [-0.2, -0.15) is 0 Å². The number of aryl methyl sites for hydroxylation is 2. The second kappa shape index (κ2) is 7.37. The van der Waals surface area contributed by atoms with Crippen molar-refractivity contribution in [3.8, 4) is 0 Å². The van der Waals surface area contributed by atoms with E-state index in [1.165, 1.54) is 19.3 Å². The summed E-state index contributed by atoms with van der Waals surface area (Å²) in [7, 11) is -3.72. The van der Waals surface area contributed by atoms with Crippen molar-refractivity contribution >= 4 is 21.6 Å². The molecule has 0 radical (unpaired) electrons. The molecule has 4 fully saturated rings. The Morgan fingerprint density at radius 3 is 2.06 bits per heavy atom. The Kier molecular flexibility index (Phi) is 4.88. The van der Waals surface area contributed by atoms with Gasteiger partial charge in [-0.15, -0.1) is 0 Å². The van der Waals surface area contributed by atoms with E-state index in [9.17, 15) is 13.2 Å². The Morgan fingerprint density at radius 2 is 1.48 bits per heavy atom. The molecule has 2 aromatic carbocycles. The molecule has 31 heavy (non-hydrogen) atoms. The van der Waals surface area contributed by atoms with Gasteiger partial charge < -0.3 is 5.32 Å². The highest BCUT2D eigenvalue weighted by Crippen LogP contribution is 2.55. The van der Waals surface area contributed by atoms with E-state index in [0.29, 0.717) is 11.3 Å². The lowest BCUT2D eigenvalue weighted by Gasteiger charge is -2.56. The Morgan fingerprint density at radius 1 is 0.903 bits per heavy atom. The number of carbonyl (C=O) groups excluding carboxylic acids is 1. The molecule has 6 heteroatoms. The molecule has 0 unspecified atom stereocenters. The minimum atomic E-state index is -3.72. The Bertz CT molecular complexity index is 1090.